The first-order valence-corrected chi connectivity index (χ1v) is 3.28. The van der Waals surface area contributed by atoms with E-state index in [9.17, 15) is 4.79 Å². The second kappa shape index (κ2) is 3.23. The molecule has 1 rings (SSSR count). The van der Waals surface area contributed by atoms with Crippen molar-refractivity contribution >= 4 is 5.95 Å². The summed E-state index contributed by atoms with van der Waals surface area (Å²) in [6.07, 6.45) is 0.632. The molecular weight excluding hydrogens is 146 g/mol. The smallest absolute Gasteiger partial charge is 0.343 e. The number of nitrogens with zero attached hydrogens (tertiary/aromatic N) is 2. The predicted molar refractivity (Wildman–Crippen MR) is 40.7 cm³/mol. The Kier molecular flexibility index (Phi) is 1.34. The molecule has 0 fully saturated rings. The van der Waals surface area contributed by atoms with Crippen LogP contribution >= 0.6 is 0 Å². The molecule has 62 valence electrons. The molecule has 0 radical (unpaired) electrons. The number of hydrogen-bond acceptors (Lipinski definition) is 4. The van der Waals surface area contributed by atoms with E-state index in [-0.39, 0.29) is 12.5 Å². The second-order valence-corrected chi connectivity index (χ2v) is 2.07. The summed E-state index contributed by atoms with van der Waals surface area (Å²) in [7, 11) is 0. The summed E-state index contributed by atoms with van der Waals surface area (Å²) in [5, 5.41) is 3.32. The third kappa shape index (κ3) is 1.83. The van der Waals surface area contributed by atoms with Crippen LogP contribution in [0.5, 0.6) is 0 Å². The van der Waals surface area contributed by atoms with Crippen molar-refractivity contribution in [3.63, 3.8) is 0 Å². The monoisotopic (exact) mass is 160 g/mol. The highest BCUT2D eigenvalue weighted by Gasteiger charge is 2.03. The first-order valence-electron chi connectivity index (χ1n) is 4.78. The Bertz CT molecular complexity index is 343. The van der Waals surface area contributed by atoms with E-state index in [4.69, 9.17) is 4.11 Å². The van der Waals surface area contributed by atoms with Crippen molar-refractivity contribution < 1.29 is 8.64 Å². The third-order valence-corrected chi connectivity index (χ3v) is 1.13. The van der Waals surface area contributed by atoms with E-state index in [1.807, 2.05) is 6.92 Å². The summed E-state index contributed by atoms with van der Waals surface area (Å²) in [5.74, 6) is -0.817. The lowest BCUT2D eigenvalue weighted by molar-refractivity contribution is 0.386. The predicted octanol–water partition coefficient (Wildman–Crippen LogP) is 0.209. The van der Waals surface area contributed by atoms with Gasteiger partial charge in [0, 0.05) is 17.6 Å². The molecule has 0 atom stereocenters. The molecule has 0 amide bonds. The molecule has 0 aromatic carbocycles. The van der Waals surface area contributed by atoms with E-state index in [0.717, 1.165) is 4.90 Å². The van der Waals surface area contributed by atoms with Gasteiger partial charge in [0.1, 0.15) is 0 Å². The van der Waals surface area contributed by atoms with Gasteiger partial charge in [0.05, 0.1) is 0 Å². The number of nitrogens with one attached hydrogen (secondary N) is 1. The second-order valence-electron chi connectivity index (χ2n) is 2.07. The standard InChI is InChI=1S/C6H11N3O2/c1-3-4-9(2)5-7-6(10)11-8-5/h3-4H2,1-2H3,(H,7,8,10)/i2D3. The molecule has 11 heavy (non-hydrogen) atoms. The summed E-state index contributed by atoms with van der Waals surface area (Å²) in [6, 6.07) is 0. The molecule has 0 saturated heterocycles. The Hall–Kier alpha value is -1.26. The van der Waals surface area contributed by atoms with Crippen LogP contribution < -0.4 is 10.7 Å². The Morgan fingerprint density at radius 1 is 1.91 bits per heavy atom. The highest BCUT2D eigenvalue weighted by molar-refractivity contribution is 5.23. The van der Waals surface area contributed by atoms with Crippen molar-refractivity contribution in [1.29, 1.82) is 0 Å². The molecule has 0 saturated carbocycles. The maximum Gasteiger partial charge on any atom is 0.440 e. The van der Waals surface area contributed by atoms with Crippen LogP contribution in [0.25, 0.3) is 0 Å². The van der Waals surface area contributed by atoms with Crippen molar-refractivity contribution in [2.24, 2.45) is 0 Å². The molecule has 1 heterocycles. The lowest BCUT2D eigenvalue weighted by atomic mass is 10.4. The van der Waals surface area contributed by atoms with Crippen LogP contribution in [-0.2, 0) is 0 Å². The summed E-state index contributed by atoms with van der Waals surface area (Å²) in [4.78, 5) is 13.8. The zero-order valence-electron chi connectivity index (χ0n) is 9.13. The van der Waals surface area contributed by atoms with E-state index in [1.54, 1.807) is 0 Å². The van der Waals surface area contributed by atoms with Crippen LogP contribution in [0.3, 0.4) is 0 Å². The molecule has 5 nitrogen and oxygen atoms in total. The van der Waals surface area contributed by atoms with Gasteiger partial charge in [-0.25, -0.2) is 4.79 Å². The minimum absolute atomic E-state index is 0.0585. The van der Waals surface area contributed by atoms with Crippen LogP contribution in [0, 0.1) is 0 Å². The van der Waals surface area contributed by atoms with E-state index in [2.05, 4.69) is 14.7 Å². The number of aromatic nitrogens is 2. The van der Waals surface area contributed by atoms with Gasteiger partial charge in [0.2, 0.25) is 5.95 Å². The van der Waals surface area contributed by atoms with Crippen molar-refractivity contribution in [3.8, 4) is 0 Å². The summed E-state index contributed by atoms with van der Waals surface area (Å²) in [6.45, 7) is -0.217. The van der Waals surface area contributed by atoms with Gasteiger partial charge >= 0.3 is 5.76 Å². The summed E-state index contributed by atoms with van der Waals surface area (Å²) < 4.78 is 25.8. The molecule has 0 aliphatic heterocycles. The molecule has 0 bridgehead atoms. The van der Waals surface area contributed by atoms with Gasteiger partial charge in [-0.15, -0.1) is 0 Å². The normalized spacial score (nSPS) is 15.2. The zero-order valence-corrected chi connectivity index (χ0v) is 6.13. The summed E-state index contributed by atoms with van der Waals surface area (Å²) in [5.41, 5.74) is 0. The largest absolute Gasteiger partial charge is 0.440 e. The molecule has 1 aromatic rings. The van der Waals surface area contributed by atoms with E-state index in [1.165, 1.54) is 0 Å². The molecule has 5 heteroatoms. The Morgan fingerprint density at radius 2 is 2.73 bits per heavy atom. The van der Waals surface area contributed by atoms with E-state index < -0.39 is 12.7 Å². The lowest BCUT2D eigenvalue weighted by Crippen LogP contribution is -2.19. The van der Waals surface area contributed by atoms with E-state index in [0.29, 0.717) is 6.42 Å². The maximum absolute atomic E-state index is 10.6. The van der Waals surface area contributed by atoms with Crippen LogP contribution in [0.2, 0.25) is 0 Å². The van der Waals surface area contributed by atoms with Crippen molar-refractivity contribution in [2.45, 2.75) is 13.3 Å². The highest BCUT2D eigenvalue weighted by atomic mass is 16.5. The Balaban J connectivity index is 2.94. The number of H-pyrrole nitrogens is 1. The van der Waals surface area contributed by atoms with Gasteiger partial charge in [-0.05, 0) is 11.6 Å². The molecule has 0 spiro atoms. The maximum atomic E-state index is 10.6. The molecule has 1 aromatic heterocycles. The van der Waals surface area contributed by atoms with Gasteiger partial charge in [0.25, 0.3) is 0 Å². The van der Waals surface area contributed by atoms with Crippen molar-refractivity contribution in [1.82, 2.24) is 10.1 Å². The average Bonchev–Trinajstić information content (AvgIpc) is 2.45. The van der Waals surface area contributed by atoms with Gasteiger partial charge in [-0.1, -0.05) is 6.92 Å². The molecule has 0 aliphatic carbocycles. The quantitative estimate of drug-likeness (QED) is 0.686. The minimum Gasteiger partial charge on any atom is -0.343 e. The number of anilines is 1. The van der Waals surface area contributed by atoms with Crippen LogP contribution in [0.1, 0.15) is 17.5 Å². The van der Waals surface area contributed by atoms with Gasteiger partial charge in [-0.2, -0.15) is 0 Å². The molecule has 0 unspecified atom stereocenters. The molecule has 1 N–H and O–H groups in total. The molecular formula is C6H11N3O2. The van der Waals surface area contributed by atoms with Crippen molar-refractivity contribution in [2.75, 3.05) is 18.4 Å². The highest BCUT2D eigenvalue weighted by Crippen LogP contribution is 1.99. The first kappa shape index (κ1) is 4.58. The minimum atomic E-state index is -2.32. The fourth-order valence-corrected chi connectivity index (χ4v) is 0.668. The van der Waals surface area contributed by atoms with Gasteiger partial charge < -0.3 is 4.90 Å². The van der Waals surface area contributed by atoms with Gasteiger partial charge in [-0.3, -0.25) is 9.51 Å². The summed E-state index contributed by atoms with van der Waals surface area (Å²) >= 11 is 0. The fourth-order valence-electron chi connectivity index (χ4n) is 0.668. The average molecular weight is 160 g/mol. The number of hydrogen-bond donors (Lipinski definition) is 1. The number of aromatic amines is 1. The van der Waals surface area contributed by atoms with Crippen LogP contribution in [0.4, 0.5) is 5.95 Å². The first-order chi connectivity index (χ1) is 6.45. The Labute approximate surface area is 68.2 Å². The van der Waals surface area contributed by atoms with Crippen LogP contribution in [0.15, 0.2) is 9.32 Å². The zero-order chi connectivity index (χ0) is 10.8. The van der Waals surface area contributed by atoms with E-state index >= 15 is 0 Å². The SMILES string of the molecule is [2H]C([2H])([2H])N(CCC)c1noc(=O)[nH]1. The third-order valence-electron chi connectivity index (χ3n) is 1.13. The molecule has 0 aliphatic rings. The van der Waals surface area contributed by atoms with Gasteiger partial charge in [0.15, 0.2) is 0 Å². The van der Waals surface area contributed by atoms with Crippen molar-refractivity contribution in [3.05, 3.63) is 10.6 Å². The lowest BCUT2D eigenvalue weighted by Gasteiger charge is -2.11. The number of rotatable bonds is 3. The fraction of sp³-hybridized carbons (Fsp3) is 0.667. The Morgan fingerprint density at radius 3 is 3.18 bits per heavy atom. The van der Waals surface area contributed by atoms with Crippen LogP contribution in [-0.4, -0.2) is 23.7 Å². The topological polar surface area (TPSA) is 62.1 Å².